The Hall–Kier alpha value is -2.05. The number of aromatic nitrogens is 1. The number of nitrogens with zero attached hydrogens (tertiary/aromatic N) is 4. The number of hydrogen-bond donors (Lipinski definition) is 1. The van der Waals surface area contributed by atoms with E-state index in [1.807, 2.05) is 34.5 Å². The highest BCUT2D eigenvalue weighted by Gasteiger charge is 2.32. The van der Waals surface area contributed by atoms with Gasteiger partial charge in [0.05, 0.1) is 19.3 Å². The first-order valence-corrected chi connectivity index (χ1v) is 13.6. The summed E-state index contributed by atoms with van der Waals surface area (Å²) in [5.41, 5.74) is 1.75. The molecular weight excluding hydrogens is 462 g/mol. The van der Waals surface area contributed by atoms with Crippen LogP contribution in [0.1, 0.15) is 25.7 Å². The number of thiazole rings is 1. The third-order valence-corrected chi connectivity index (χ3v) is 8.85. The molecule has 0 saturated carbocycles. The van der Waals surface area contributed by atoms with E-state index < -0.39 is 10.2 Å². The van der Waals surface area contributed by atoms with Crippen LogP contribution in [0, 0.1) is 0 Å². The minimum atomic E-state index is -3.41. The smallest absolute Gasteiger partial charge is 0.282 e. The van der Waals surface area contributed by atoms with Crippen molar-refractivity contribution in [3.05, 3.63) is 29.6 Å². The molecule has 0 unspecified atom stereocenters. The highest BCUT2D eigenvalue weighted by Crippen LogP contribution is 2.26. The van der Waals surface area contributed by atoms with Gasteiger partial charge in [0.15, 0.2) is 5.13 Å². The predicted octanol–water partition coefficient (Wildman–Crippen LogP) is 2.50. The molecule has 2 fully saturated rings. The van der Waals surface area contributed by atoms with Gasteiger partial charge in [0.25, 0.3) is 10.2 Å². The molecule has 11 heteroatoms. The fourth-order valence-corrected chi connectivity index (χ4v) is 6.55. The van der Waals surface area contributed by atoms with E-state index in [0.717, 1.165) is 42.7 Å². The van der Waals surface area contributed by atoms with Gasteiger partial charge >= 0.3 is 0 Å². The van der Waals surface area contributed by atoms with Crippen LogP contribution < -0.4 is 10.1 Å². The van der Waals surface area contributed by atoms with Crippen LogP contribution in [0.5, 0.6) is 5.75 Å². The number of anilines is 1. The molecule has 2 aliphatic rings. The summed E-state index contributed by atoms with van der Waals surface area (Å²) < 4.78 is 34.3. The molecule has 4 rings (SSSR count). The van der Waals surface area contributed by atoms with Gasteiger partial charge in [-0.1, -0.05) is 12.8 Å². The average molecular weight is 494 g/mol. The SMILES string of the molecule is COc1ccc(-c2csc(NC(=O)CN3CCN(S(=O)(=O)N4CCCCCC4)CC3)n2)cc1. The van der Waals surface area contributed by atoms with Crippen molar-refractivity contribution >= 4 is 32.6 Å². The lowest BCUT2D eigenvalue weighted by atomic mass is 10.2. The molecule has 0 aliphatic carbocycles. The highest BCUT2D eigenvalue weighted by atomic mass is 32.2. The molecule has 1 N–H and O–H groups in total. The largest absolute Gasteiger partial charge is 0.497 e. The van der Waals surface area contributed by atoms with Crippen molar-refractivity contribution in [2.24, 2.45) is 0 Å². The second-order valence-electron chi connectivity index (χ2n) is 8.31. The van der Waals surface area contributed by atoms with Crippen LogP contribution in [-0.2, 0) is 15.0 Å². The summed E-state index contributed by atoms with van der Waals surface area (Å²) in [4.78, 5) is 19.0. The van der Waals surface area contributed by atoms with E-state index in [1.54, 1.807) is 15.7 Å². The lowest BCUT2D eigenvalue weighted by molar-refractivity contribution is -0.117. The Morgan fingerprint density at radius 3 is 2.27 bits per heavy atom. The summed E-state index contributed by atoms with van der Waals surface area (Å²) in [6.07, 6.45) is 4.04. The van der Waals surface area contributed by atoms with Gasteiger partial charge < -0.3 is 10.1 Å². The Balaban J connectivity index is 1.26. The van der Waals surface area contributed by atoms with Gasteiger partial charge in [0.1, 0.15) is 5.75 Å². The number of nitrogens with one attached hydrogen (secondary N) is 1. The molecule has 9 nitrogen and oxygen atoms in total. The maximum atomic E-state index is 13.0. The molecule has 1 aromatic heterocycles. The molecule has 0 bridgehead atoms. The van der Waals surface area contributed by atoms with Crippen LogP contribution in [0.4, 0.5) is 5.13 Å². The summed E-state index contributed by atoms with van der Waals surface area (Å²) >= 11 is 1.38. The summed E-state index contributed by atoms with van der Waals surface area (Å²) in [6, 6.07) is 7.61. The number of piperazine rings is 1. The predicted molar refractivity (Wildman–Crippen MR) is 130 cm³/mol. The Morgan fingerprint density at radius 2 is 1.64 bits per heavy atom. The second-order valence-corrected chi connectivity index (χ2v) is 11.1. The van der Waals surface area contributed by atoms with E-state index in [4.69, 9.17) is 4.74 Å². The number of carbonyl (C=O) groups is 1. The number of methoxy groups -OCH3 is 1. The van der Waals surface area contributed by atoms with Crippen LogP contribution in [-0.4, -0.2) is 85.7 Å². The van der Waals surface area contributed by atoms with Crippen molar-refractivity contribution in [1.82, 2.24) is 18.5 Å². The van der Waals surface area contributed by atoms with Crippen LogP contribution in [0.15, 0.2) is 29.6 Å². The van der Waals surface area contributed by atoms with E-state index in [1.165, 1.54) is 11.3 Å². The second kappa shape index (κ2) is 10.9. The number of hydrogen-bond acceptors (Lipinski definition) is 7. The maximum Gasteiger partial charge on any atom is 0.282 e. The monoisotopic (exact) mass is 493 g/mol. The third-order valence-electron chi connectivity index (χ3n) is 6.05. The molecule has 3 heterocycles. The number of rotatable bonds is 7. The standard InChI is InChI=1S/C22H31N5O4S2/c1-31-19-8-6-18(7-9-19)20-17-32-22(23-20)24-21(28)16-25-12-14-27(15-13-25)33(29,30)26-10-4-2-3-5-11-26/h6-9,17H,2-5,10-16H2,1H3,(H,23,24,28). The van der Waals surface area contributed by atoms with Crippen LogP contribution in [0.3, 0.4) is 0 Å². The third kappa shape index (κ3) is 6.10. The fraction of sp³-hybridized carbons (Fsp3) is 0.545. The first-order chi connectivity index (χ1) is 16.0. The Labute approximate surface area is 199 Å². The van der Waals surface area contributed by atoms with Crippen molar-refractivity contribution in [2.45, 2.75) is 25.7 Å². The lowest BCUT2D eigenvalue weighted by Gasteiger charge is -2.36. The first-order valence-electron chi connectivity index (χ1n) is 11.3. The van der Waals surface area contributed by atoms with Crippen molar-refractivity contribution in [2.75, 3.05) is 58.2 Å². The quantitative estimate of drug-likeness (QED) is 0.637. The molecule has 0 atom stereocenters. The Bertz CT molecular complexity index is 1030. The number of benzene rings is 1. The van der Waals surface area contributed by atoms with Gasteiger partial charge in [-0.05, 0) is 37.1 Å². The minimum Gasteiger partial charge on any atom is -0.497 e. The summed E-state index contributed by atoms with van der Waals surface area (Å²) in [5.74, 6) is 0.635. The fourth-order valence-electron chi connectivity index (χ4n) is 4.14. The van der Waals surface area contributed by atoms with Gasteiger partial charge in [-0.25, -0.2) is 4.98 Å². The molecular formula is C22H31N5O4S2. The molecule has 1 aromatic carbocycles. The highest BCUT2D eigenvalue weighted by molar-refractivity contribution is 7.86. The van der Waals surface area contributed by atoms with Crippen LogP contribution >= 0.6 is 11.3 Å². The zero-order valence-electron chi connectivity index (χ0n) is 18.9. The number of amides is 1. The molecule has 2 aliphatic heterocycles. The Kier molecular flexibility index (Phi) is 7.97. The number of ether oxygens (including phenoxy) is 1. The zero-order valence-corrected chi connectivity index (χ0v) is 20.5. The topological polar surface area (TPSA) is 95.1 Å². The molecule has 0 spiro atoms. The minimum absolute atomic E-state index is 0.144. The number of carbonyl (C=O) groups excluding carboxylic acids is 1. The van der Waals surface area contributed by atoms with E-state index in [9.17, 15) is 13.2 Å². The van der Waals surface area contributed by atoms with E-state index in [0.29, 0.717) is 44.4 Å². The normalized spacial score (nSPS) is 19.2. The van der Waals surface area contributed by atoms with Crippen molar-refractivity contribution in [3.63, 3.8) is 0 Å². The van der Waals surface area contributed by atoms with Gasteiger partial charge in [-0.15, -0.1) is 11.3 Å². The van der Waals surface area contributed by atoms with Crippen LogP contribution in [0.2, 0.25) is 0 Å². The average Bonchev–Trinajstić information content (AvgIpc) is 3.10. The summed E-state index contributed by atoms with van der Waals surface area (Å²) in [5, 5.41) is 5.32. The summed E-state index contributed by atoms with van der Waals surface area (Å²) in [7, 11) is -1.79. The van der Waals surface area contributed by atoms with Crippen molar-refractivity contribution in [1.29, 1.82) is 0 Å². The molecule has 33 heavy (non-hydrogen) atoms. The first kappa shape index (κ1) is 24.1. The van der Waals surface area contributed by atoms with Crippen molar-refractivity contribution in [3.8, 4) is 17.0 Å². The van der Waals surface area contributed by atoms with E-state index in [2.05, 4.69) is 10.3 Å². The maximum absolute atomic E-state index is 13.0. The molecule has 2 aromatic rings. The summed E-state index contributed by atoms with van der Waals surface area (Å²) in [6.45, 7) is 3.32. The van der Waals surface area contributed by atoms with Crippen molar-refractivity contribution < 1.29 is 17.9 Å². The van der Waals surface area contributed by atoms with E-state index in [-0.39, 0.29) is 12.5 Å². The molecule has 2 saturated heterocycles. The van der Waals surface area contributed by atoms with Gasteiger partial charge in [0.2, 0.25) is 5.91 Å². The van der Waals surface area contributed by atoms with E-state index >= 15 is 0 Å². The Morgan fingerprint density at radius 1 is 1.00 bits per heavy atom. The molecule has 180 valence electrons. The van der Waals surface area contributed by atoms with Gasteiger partial charge in [-0.2, -0.15) is 17.0 Å². The molecule has 0 radical (unpaired) electrons. The lowest BCUT2D eigenvalue weighted by Crippen LogP contribution is -2.54. The van der Waals surface area contributed by atoms with Crippen LogP contribution in [0.25, 0.3) is 11.3 Å². The molecule has 1 amide bonds. The van der Waals surface area contributed by atoms with Gasteiger partial charge in [0, 0.05) is 50.2 Å². The zero-order chi connectivity index (χ0) is 23.3. The van der Waals surface area contributed by atoms with Gasteiger partial charge in [-0.3, -0.25) is 9.69 Å².